The molecule has 0 unspecified atom stereocenters. The maximum absolute atomic E-state index is 12.3. The molecule has 1 aliphatic heterocycles. The van der Waals surface area contributed by atoms with Gasteiger partial charge in [0.15, 0.2) is 10.9 Å². The normalized spacial score (nSPS) is 17.5. The van der Waals surface area contributed by atoms with Crippen LogP contribution in [0.15, 0.2) is 22.8 Å². The number of carbonyl (C=O) groups is 2. The molecule has 2 aliphatic rings. The van der Waals surface area contributed by atoms with Gasteiger partial charge in [-0.15, -0.1) is 0 Å². The van der Waals surface area contributed by atoms with Crippen molar-refractivity contribution in [1.82, 2.24) is 9.88 Å². The van der Waals surface area contributed by atoms with Crippen LogP contribution in [0, 0.1) is 5.92 Å². The SMILES string of the molecule is O=C(Nc1nc2c(s1)CN(C(=O)c1ccco1)CC2)C1CCC1. The predicted octanol–water partition coefficient (Wildman–Crippen LogP) is 2.67. The van der Waals surface area contributed by atoms with E-state index in [-0.39, 0.29) is 17.7 Å². The molecule has 6 nitrogen and oxygen atoms in total. The van der Waals surface area contributed by atoms with Gasteiger partial charge in [-0.05, 0) is 25.0 Å². The standard InChI is InChI=1S/C16H17N3O3S/c20-14(10-3-1-4-10)18-16-17-11-6-7-19(9-13(11)23-16)15(21)12-5-2-8-22-12/h2,5,8,10H,1,3-4,6-7,9H2,(H,17,18,20). The van der Waals surface area contributed by atoms with Crippen molar-refractivity contribution in [2.45, 2.75) is 32.2 Å². The Morgan fingerprint density at radius 2 is 2.26 bits per heavy atom. The molecule has 0 radical (unpaired) electrons. The summed E-state index contributed by atoms with van der Waals surface area (Å²) in [7, 11) is 0. The second-order valence-corrected chi connectivity index (χ2v) is 7.04. The number of amides is 2. The molecular formula is C16H17N3O3S. The van der Waals surface area contributed by atoms with E-state index in [9.17, 15) is 9.59 Å². The fraction of sp³-hybridized carbons (Fsp3) is 0.438. The molecule has 0 spiro atoms. The lowest BCUT2D eigenvalue weighted by atomic mass is 9.85. The molecule has 1 aliphatic carbocycles. The third-order valence-electron chi connectivity index (χ3n) is 4.46. The predicted molar refractivity (Wildman–Crippen MR) is 85.2 cm³/mol. The van der Waals surface area contributed by atoms with Crippen LogP contribution in [0.2, 0.25) is 0 Å². The Morgan fingerprint density at radius 3 is 2.96 bits per heavy atom. The highest BCUT2D eigenvalue weighted by Crippen LogP contribution is 2.31. The number of rotatable bonds is 3. The monoisotopic (exact) mass is 331 g/mol. The summed E-state index contributed by atoms with van der Waals surface area (Å²) in [6.45, 7) is 1.14. The summed E-state index contributed by atoms with van der Waals surface area (Å²) in [5.74, 6) is 0.476. The first-order chi connectivity index (χ1) is 11.2. The number of thiazole rings is 1. The molecule has 2 aromatic heterocycles. The fourth-order valence-electron chi connectivity index (χ4n) is 2.86. The zero-order valence-corrected chi connectivity index (χ0v) is 13.4. The third kappa shape index (κ3) is 2.76. The van der Waals surface area contributed by atoms with E-state index >= 15 is 0 Å². The molecule has 0 bridgehead atoms. The summed E-state index contributed by atoms with van der Waals surface area (Å²) in [5.41, 5.74) is 0.988. The Labute approximate surface area is 137 Å². The molecule has 4 rings (SSSR count). The Hall–Kier alpha value is -2.15. The van der Waals surface area contributed by atoms with Crippen LogP contribution in [0.25, 0.3) is 0 Å². The van der Waals surface area contributed by atoms with E-state index in [4.69, 9.17) is 4.42 Å². The number of nitrogens with zero attached hydrogens (tertiary/aromatic N) is 2. The molecule has 0 atom stereocenters. The van der Waals surface area contributed by atoms with Crippen LogP contribution in [0.1, 0.15) is 40.4 Å². The lowest BCUT2D eigenvalue weighted by Crippen LogP contribution is -2.35. The summed E-state index contributed by atoms with van der Waals surface area (Å²) < 4.78 is 5.18. The maximum Gasteiger partial charge on any atom is 0.289 e. The maximum atomic E-state index is 12.3. The fourth-order valence-corrected chi connectivity index (χ4v) is 3.88. The summed E-state index contributed by atoms with van der Waals surface area (Å²) in [5, 5.41) is 3.57. The van der Waals surface area contributed by atoms with Gasteiger partial charge in [0.2, 0.25) is 5.91 Å². The lowest BCUT2D eigenvalue weighted by Gasteiger charge is -2.25. The number of anilines is 1. The molecule has 7 heteroatoms. The van der Waals surface area contributed by atoms with Crippen LogP contribution in [0.4, 0.5) is 5.13 Å². The molecule has 120 valence electrons. The van der Waals surface area contributed by atoms with Crippen LogP contribution in [0.3, 0.4) is 0 Å². The molecule has 2 aromatic rings. The Balaban J connectivity index is 1.45. The topological polar surface area (TPSA) is 75.4 Å². The molecule has 1 saturated carbocycles. The lowest BCUT2D eigenvalue weighted by molar-refractivity contribution is -0.122. The van der Waals surface area contributed by atoms with Crippen LogP contribution in [-0.4, -0.2) is 28.2 Å². The van der Waals surface area contributed by atoms with E-state index in [1.54, 1.807) is 17.0 Å². The quantitative estimate of drug-likeness (QED) is 0.938. The van der Waals surface area contributed by atoms with Crippen molar-refractivity contribution in [2.75, 3.05) is 11.9 Å². The molecule has 0 saturated heterocycles. The van der Waals surface area contributed by atoms with Crippen molar-refractivity contribution in [3.63, 3.8) is 0 Å². The first kappa shape index (κ1) is 14.4. The minimum atomic E-state index is -0.103. The van der Waals surface area contributed by atoms with E-state index in [0.717, 1.165) is 29.8 Å². The first-order valence-electron chi connectivity index (χ1n) is 7.83. The van der Waals surface area contributed by atoms with E-state index in [1.807, 2.05) is 0 Å². The van der Waals surface area contributed by atoms with Gasteiger partial charge in [0, 0.05) is 23.8 Å². The van der Waals surface area contributed by atoms with Crippen LogP contribution >= 0.6 is 11.3 Å². The van der Waals surface area contributed by atoms with Gasteiger partial charge in [-0.1, -0.05) is 17.8 Å². The first-order valence-corrected chi connectivity index (χ1v) is 8.64. The van der Waals surface area contributed by atoms with Crippen molar-refractivity contribution >= 4 is 28.3 Å². The van der Waals surface area contributed by atoms with Crippen molar-refractivity contribution in [2.24, 2.45) is 5.92 Å². The van der Waals surface area contributed by atoms with Crippen molar-refractivity contribution in [3.8, 4) is 0 Å². The number of carbonyl (C=O) groups excluding carboxylic acids is 2. The van der Waals surface area contributed by atoms with Crippen LogP contribution < -0.4 is 5.32 Å². The molecule has 2 amide bonds. The molecule has 23 heavy (non-hydrogen) atoms. The van der Waals surface area contributed by atoms with E-state index in [2.05, 4.69) is 10.3 Å². The number of furan rings is 1. The minimum Gasteiger partial charge on any atom is -0.459 e. The number of hydrogen-bond donors (Lipinski definition) is 1. The minimum absolute atomic E-state index is 0.0749. The Bertz CT molecular complexity index is 734. The molecule has 3 heterocycles. The second-order valence-electron chi connectivity index (χ2n) is 5.96. The molecular weight excluding hydrogens is 314 g/mol. The number of nitrogens with one attached hydrogen (secondary N) is 1. The van der Waals surface area contributed by atoms with Crippen molar-refractivity contribution in [1.29, 1.82) is 0 Å². The zero-order chi connectivity index (χ0) is 15.8. The number of hydrogen-bond acceptors (Lipinski definition) is 5. The Morgan fingerprint density at radius 1 is 1.39 bits per heavy atom. The number of fused-ring (bicyclic) bond motifs is 1. The summed E-state index contributed by atoms with van der Waals surface area (Å²) >= 11 is 1.47. The largest absolute Gasteiger partial charge is 0.459 e. The van der Waals surface area contributed by atoms with Crippen molar-refractivity contribution < 1.29 is 14.0 Å². The average Bonchev–Trinajstić information content (AvgIpc) is 3.12. The van der Waals surface area contributed by atoms with Gasteiger partial charge < -0.3 is 14.6 Å². The van der Waals surface area contributed by atoms with Gasteiger partial charge >= 0.3 is 0 Å². The highest BCUT2D eigenvalue weighted by molar-refractivity contribution is 7.15. The highest BCUT2D eigenvalue weighted by Gasteiger charge is 2.28. The second kappa shape index (κ2) is 5.81. The van der Waals surface area contributed by atoms with E-state index < -0.39 is 0 Å². The average molecular weight is 331 g/mol. The van der Waals surface area contributed by atoms with E-state index in [1.165, 1.54) is 17.6 Å². The van der Waals surface area contributed by atoms with Gasteiger partial charge in [0.1, 0.15) is 0 Å². The smallest absolute Gasteiger partial charge is 0.289 e. The zero-order valence-electron chi connectivity index (χ0n) is 12.6. The van der Waals surface area contributed by atoms with Gasteiger partial charge in [0.05, 0.1) is 18.5 Å². The van der Waals surface area contributed by atoms with Crippen molar-refractivity contribution in [3.05, 3.63) is 34.7 Å². The summed E-state index contributed by atoms with van der Waals surface area (Å²) in [4.78, 5) is 31.7. The third-order valence-corrected chi connectivity index (χ3v) is 5.45. The van der Waals surface area contributed by atoms with Gasteiger partial charge in [-0.25, -0.2) is 4.98 Å². The van der Waals surface area contributed by atoms with Crippen LogP contribution in [-0.2, 0) is 17.8 Å². The molecule has 1 N–H and O–H groups in total. The van der Waals surface area contributed by atoms with Gasteiger partial charge in [0.25, 0.3) is 5.91 Å². The molecule has 1 fully saturated rings. The van der Waals surface area contributed by atoms with Gasteiger partial charge in [-0.2, -0.15) is 0 Å². The summed E-state index contributed by atoms with van der Waals surface area (Å²) in [6.07, 6.45) is 5.29. The number of aromatic nitrogens is 1. The van der Waals surface area contributed by atoms with Crippen LogP contribution in [0.5, 0.6) is 0 Å². The van der Waals surface area contributed by atoms with Gasteiger partial charge in [-0.3, -0.25) is 9.59 Å². The Kier molecular flexibility index (Phi) is 3.65. The molecule has 0 aromatic carbocycles. The van der Waals surface area contributed by atoms with E-state index in [0.29, 0.717) is 30.4 Å². The highest BCUT2D eigenvalue weighted by atomic mass is 32.1. The summed E-state index contributed by atoms with van der Waals surface area (Å²) in [6, 6.07) is 3.39.